The zero-order chi connectivity index (χ0) is 16.7. The van der Waals surface area contributed by atoms with Crippen molar-refractivity contribution in [1.29, 1.82) is 0 Å². The molecule has 0 saturated carbocycles. The number of rotatable bonds is 6. The first kappa shape index (κ1) is 19.3. The van der Waals surface area contributed by atoms with E-state index in [9.17, 15) is 0 Å². The van der Waals surface area contributed by atoms with E-state index < -0.39 is 17.9 Å². The van der Waals surface area contributed by atoms with Crippen LogP contribution in [0.15, 0.2) is 21.6 Å². The Kier molecular flexibility index (Phi) is 4.95. The van der Waals surface area contributed by atoms with E-state index in [1.54, 1.807) is 3.33 Å². The van der Waals surface area contributed by atoms with Crippen LogP contribution in [0.25, 0.3) is 0 Å². The second-order valence-electron chi connectivity index (χ2n) is 8.18. The standard InChI is InChI=1S/C5H5.2C3H7.3C2H6N.Hf/c1-2-4-5-3-1;5*1-3-2;/h1-3H,4H2;2*3H,1-2H3;3*1-2H3;/q;;;3*-1;+3. The Balaban J connectivity index is 4.18. The first-order valence-electron chi connectivity index (χ1n) is 8.21. The molecule has 0 bridgehead atoms. The van der Waals surface area contributed by atoms with Gasteiger partial charge in [-0.3, -0.25) is 0 Å². The predicted molar refractivity (Wildman–Crippen MR) is 93.1 cm³/mol. The van der Waals surface area contributed by atoms with Crippen molar-refractivity contribution in [3.63, 3.8) is 0 Å². The Labute approximate surface area is 131 Å². The number of allylic oxidation sites excluding steroid dienone is 4. The molecule has 0 spiro atoms. The van der Waals surface area contributed by atoms with Crippen LogP contribution in [-0.2, 0) is 17.9 Å². The molecular formula is C17H37HfN3. The van der Waals surface area contributed by atoms with Gasteiger partial charge in [-0.2, -0.15) is 0 Å². The molecule has 0 heterocycles. The Morgan fingerprint density at radius 1 is 0.810 bits per heavy atom. The molecule has 1 aliphatic carbocycles. The van der Waals surface area contributed by atoms with Crippen molar-refractivity contribution >= 4 is 0 Å². The quantitative estimate of drug-likeness (QED) is 0.550. The fourth-order valence-electron chi connectivity index (χ4n) is 7.48. The third-order valence-corrected chi connectivity index (χ3v) is 59.5. The van der Waals surface area contributed by atoms with Crippen molar-refractivity contribution in [1.82, 2.24) is 8.66 Å². The van der Waals surface area contributed by atoms with Crippen LogP contribution < -0.4 is 0 Å². The first-order chi connectivity index (χ1) is 9.50. The number of nitrogens with zero attached hydrogens (tertiary/aromatic N) is 3. The maximum absolute atomic E-state index is 4.49. The van der Waals surface area contributed by atoms with Gasteiger partial charge in [0.15, 0.2) is 0 Å². The van der Waals surface area contributed by atoms with Crippen molar-refractivity contribution in [2.75, 3.05) is 42.3 Å². The Bertz CT molecular complexity index is 399. The van der Waals surface area contributed by atoms with E-state index in [4.69, 9.17) is 0 Å². The molecule has 1 rings (SSSR count). The van der Waals surface area contributed by atoms with Crippen LogP contribution in [0.3, 0.4) is 0 Å². The first-order valence-corrected chi connectivity index (χ1v) is 19.0. The molecule has 0 radical (unpaired) electrons. The van der Waals surface area contributed by atoms with E-state index in [-0.39, 0.29) is 0 Å². The van der Waals surface area contributed by atoms with Crippen LogP contribution in [0.2, 0.25) is 7.35 Å². The van der Waals surface area contributed by atoms with Crippen molar-refractivity contribution in [2.24, 2.45) is 0 Å². The number of hydrogen-bond acceptors (Lipinski definition) is 3. The van der Waals surface area contributed by atoms with Crippen LogP contribution in [0.4, 0.5) is 0 Å². The summed E-state index contributed by atoms with van der Waals surface area (Å²) < 4.78 is 10.8. The van der Waals surface area contributed by atoms with Crippen LogP contribution in [0.1, 0.15) is 34.1 Å². The van der Waals surface area contributed by atoms with Crippen molar-refractivity contribution in [3.05, 3.63) is 21.6 Å². The van der Waals surface area contributed by atoms with Gasteiger partial charge in [0.2, 0.25) is 0 Å². The molecular weight excluding hydrogens is 425 g/mol. The second-order valence-corrected chi connectivity index (χ2v) is 41.8. The topological polar surface area (TPSA) is 9.72 Å². The van der Waals surface area contributed by atoms with Gasteiger partial charge in [0.05, 0.1) is 0 Å². The molecule has 0 aromatic heterocycles. The zero-order valence-corrected chi connectivity index (χ0v) is 19.5. The Morgan fingerprint density at radius 3 is 1.38 bits per heavy atom. The fourth-order valence-corrected chi connectivity index (χ4v) is 58.8. The van der Waals surface area contributed by atoms with Gasteiger partial charge in [0, 0.05) is 0 Å². The average molecular weight is 462 g/mol. The summed E-state index contributed by atoms with van der Waals surface area (Å²) in [4.78, 5) is 0. The maximum atomic E-state index is 2.66. The summed E-state index contributed by atoms with van der Waals surface area (Å²) in [5, 5.41) is 0. The van der Waals surface area contributed by atoms with Crippen LogP contribution >= 0.6 is 0 Å². The molecule has 4 heteroatoms. The zero-order valence-electron chi connectivity index (χ0n) is 15.9. The summed E-state index contributed by atoms with van der Waals surface area (Å²) in [5.74, 6) is 0. The van der Waals surface area contributed by atoms with E-state index in [0.29, 0.717) is 7.35 Å². The van der Waals surface area contributed by atoms with E-state index >= 15 is 0 Å². The van der Waals surface area contributed by atoms with Crippen molar-refractivity contribution < 1.29 is 17.9 Å². The second kappa shape index (κ2) is 5.40. The Morgan fingerprint density at radius 2 is 1.19 bits per heavy atom. The SMILES string of the molecule is C[CH](C)[Hf]([C]1=CC=CC1)([CH](C)C)([N](C)C)([N](C)C)[N](C)C. The molecule has 0 unspecified atom stereocenters. The molecule has 3 nitrogen and oxygen atoms in total. The molecule has 0 aromatic carbocycles. The van der Waals surface area contributed by atoms with Gasteiger partial charge in [0.25, 0.3) is 0 Å². The third-order valence-electron chi connectivity index (χ3n) is 7.79. The number of hydrogen-bond donors (Lipinski definition) is 0. The Hall–Kier alpha value is 0.230. The molecule has 124 valence electrons. The summed E-state index contributed by atoms with van der Waals surface area (Å²) in [6.07, 6.45) is 8.09. The molecule has 21 heavy (non-hydrogen) atoms. The molecule has 0 fully saturated rings. The van der Waals surface area contributed by atoms with Gasteiger partial charge < -0.3 is 0 Å². The van der Waals surface area contributed by atoms with Crippen LogP contribution in [0, 0.1) is 0 Å². The average Bonchev–Trinajstić information content (AvgIpc) is 2.83. The molecule has 0 amide bonds. The molecule has 0 aliphatic heterocycles. The molecule has 1 aliphatic rings. The van der Waals surface area contributed by atoms with Gasteiger partial charge in [-0.05, 0) is 0 Å². The van der Waals surface area contributed by atoms with Gasteiger partial charge in [-0.25, -0.2) is 0 Å². The van der Waals surface area contributed by atoms with Gasteiger partial charge in [0.1, 0.15) is 0 Å². The minimum absolute atomic E-state index is 0.575. The molecule has 0 saturated heterocycles. The molecule has 0 atom stereocenters. The summed E-state index contributed by atoms with van der Waals surface area (Å²) in [6, 6.07) is 0. The molecule has 0 aromatic rings. The van der Waals surface area contributed by atoms with E-state index in [1.807, 2.05) is 0 Å². The van der Waals surface area contributed by atoms with Crippen molar-refractivity contribution in [3.8, 4) is 0 Å². The summed E-state index contributed by atoms with van der Waals surface area (Å²) in [6.45, 7) is 9.78. The van der Waals surface area contributed by atoms with Gasteiger partial charge in [-0.1, -0.05) is 0 Å². The van der Waals surface area contributed by atoms with E-state index in [1.165, 1.54) is 0 Å². The van der Waals surface area contributed by atoms with Gasteiger partial charge >= 0.3 is 132 Å². The summed E-state index contributed by atoms with van der Waals surface area (Å²) in [5.41, 5.74) is 0. The normalized spacial score (nSPS) is 19.9. The summed E-state index contributed by atoms with van der Waals surface area (Å²) in [7, 11) is 13.9. The van der Waals surface area contributed by atoms with Gasteiger partial charge in [-0.15, -0.1) is 0 Å². The predicted octanol–water partition coefficient (Wildman–Crippen LogP) is 4.14. The van der Waals surface area contributed by atoms with E-state index in [2.05, 4.69) is 96.9 Å². The van der Waals surface area contributed by atoms with Crippen LogP contribution in [0.5, 0.6) is 0 Å². The molecule has 0 N–H and O–H groups in total. The fraction of sp³-hybridized carbons (Fsp3) is 0.765. The van der Waals surface area contributed by atoms with E-state index in [0.717, 1.165) is 6.42 Å². The third kappa shape index (κ3) is 1.49. The minimum atomic E-state index is -4.49. The van der Waals surface area contributed by atoms with Crippen molar-refractivity contribution in [2.45, 2.75) is 41.5 Å². The summed E-state index contributed by atoms with van der Waals surface area (Å²) >= 11 is -4.49. The van der Waals surface area contributed by atoms with Crippen LogP contribution in [-0.4, -0.2) is 50.9 Å². The monoisotopic (exact) mass is 463 g/mol.